The molecule has 0 saturated carbocycles. The molecule has 2 atom stereocenters. The standard InChI is InChI=1S/C27H24FN3O3/c1-14-11-17(12-15(2)29-14)31-13-19(18-5-3-4-6-21(18)31)22-24(27(33)30-26(22)32)23-20(28)8-7-16-9-10-34-25(16)23/h3-10,13-15,17,29H,11-12H2,1-2H3,(H,30,32,33). The normalized spacial score (nSPS) is 23.3. The molecule has 4 aromatic rings. The first-order valence-corrected chi connectivity index (χ1v) is 11.5. The van der Waals surface area contributed by atoms with Crippen LogP contribution in [0.2, 0.25) is 0 Å². The Labute approximate surface area is 195 Å². The Morgan fingerprint density at radius 1 is 0.971 bits per heavy atom. The molecule has 2 aliphatic heterocycles. The predicted molar refractivity (Wildman–Crippen MR) is 128 cm³/mol. The van der Waals surface area contributed by atoms with E-state index in [1.54, 1.807) is 12.1 Å². The van der Waals surface area contributed by atoms with E-state index in [2.05, 4.69) is 29.0 Å². The van der Waals surface area contributed by atoms with Gasteiger partial charge in [-0.15, -0.1) is 0 Å². The fourth-order valence-corrected chi connectivity index (χ4v) is 5.66. The lowest BCUT2D eigenvalue weighted by molar-refractivity contribution is -0.122. The molecule has 0 radical (unpaired) electrons. The Kier molecular flexibility index (Phi) is 4.71. The summed E-state index contributed by atoms with van der Waals surface area (Å²) in [4.78, 5) is 26.1. The van der Waals surface area contributed by atoms with Crippen molar-refractivity contribution in [2.45, 2.75) is 44.8 Å². The lowest BCUT2D eigenvalue weighted by atomic mass is 9.94. The van der Waals surface area contributed by atoms with Crippen LogP contribution in [0.3, 0.4) is 0 Å². The molecular weight excluding hydrogens is 433 g/mol. The summed E-state index contributed by atoms with van der Waals surface area (Å²) in [5.74, 6) is -1.76. The van der Waals surface area contributed by atoms with Crippen LogP contribution < -0.4 is 10.6 Å². The maximum Gasteiger partial charge on any atom is 0.259 e. The van der Waals surface area contributed by atoms with Crippen molar-refractivity contribution in [1.29, 1.82) is 0 Å². The number of nitrogens with zero attached hydrogens (tertiary/aromatic N) is 1. The van der Waals surface area contributed by atoms with Crippen LogP contribution in [-0.4, -0.2) is 28.5 Å². The summed E-state index contributed by atoms with van der Waals surface area (Å²) in [5.41, 5.74) is 2.06. The van der Waals surface area contributed by atoms with Crippen molar-refractivity contribution >= 4 is 44.8 Å². The molecule has 4 heterocycles. The van der Waals surface area contributed by atoms with Gasteiger partial charge in [0.05, 0.1) is 23.0 Å². The second-order valence-corrected chi connectivity index (χ2v) is 9.36. The molecule has 172 valence electrons. The molecule has 7 heteroatoms. The Hall–Kier alpha value is -3.71. The molecule has 2 aliphatic rings. The number of fused-ring (bicyclic) bond motifs is 2. The van der Waals surface area contributed by atoms with E-state index in [1.165, 1.54) is 12.3 Å². The number of para-hydroxylation sites is 1. The van der Waals surface area contributed by atoms with Crippen LogP contribution >= 0.6 is 0 Å². The van der Waals surface area contributed by atoms with Gasteiger partial charge in [0.25, 0.3) is 11.8 Å². The van der Waals surface area contributed by atoms with Gasteiger partial charge in [-0.05, 0) is 51.0 Å². The number of imide groups is 1. The van der Waals surface area contributed by atoms with E-state index in [9.17, 15) is 9.59 Å². The predicted octanol–water partition coefficient (Wildman–Crippen LogP) is 4.80. The van der Waals surface area contributed by atoms with Crippen molar-refractivity contribution in [2.24, 2.45) is 0 Å². The number of piperidine rings is 1. The second-order valence-electron chi connectivity index (χ2n) is 9.36. The highest BCUT2D eigenvalue weighted by molar-refractivity contribution is 6.50. The number of hydrogen-bond donors (Lipinski definition) is 2. The smallest absolute Gasteiger partial charge is 0.259 e. The van der Waals surface area contributed by atoms with E-state index >= 15 is 4.39 Å². The molecule has 0 bridgehead atoms. The number of benzene rings is 2. The summed E-state index contributed by atoms with van der Waals surface area (Å²) in [6, 6.07) is 13.4. The summed E-state index contributed by atoms with van der Waals surface area (Å²) >= 11 is 0. The minimum atomic E-state index is -0.622. The maximum absolute atomic E-state index is 15.1. The monoisotopic (exact) mass is 457 g/mol. The van der Waals surface area contributed by atoms with Crippen LogP contribution in [0.1, 0.15) is 43.9 Å². The van der Waals surface area contributed by atoms with Gasteiger partial charge in [-0.2, -0.15) is 0 Å². The molecule has 0 aliphatic carbocycles. The lowest BCUT2D eigenvalue weighted by Crippen LogP contribution is -2.42. The van der Waals surface area contributed by atoms with Crippen LogP contribution in [-0.2, 0) is 9.59 Å². The summed E-state index contributed by atoms with van der Waals surface area (Å²) in [7, 11) is 0. The molecule has 1 saturated heterocycles. The molecule has 6 nitrogen and oxygen atoms in total. The lowest BCUT2D eigenvalue weighted by Gasteiger charge is -2.34. The number of furan rings is 1. The fraction of sp³-hybridized carbons (Fsp3) is 0.259. The van der Waals surface area contributed by atoms with Crippen LogP contribution in [0.4, 0.5) is 4.39 Å². The topological polar surface area (TPSA) is 76.3 Å². The molecule has 2 unspecified atom stereocenters. The highest BCUT2D eigenvalue weighted by Crippen LogP contribution is 2.41. The van der Waals surface area contributed by atoms with Gasteiger partial charge in [0.15, 0.2) is 0 Å². The highest BCUT2D eigenvalue weighted by Gasteiger charge is 2.37. The van der Waals surface area contributed by atoms with Gasteiger partial charge in [-0.3, -0.25) is 14.9 Å². The van der Waals surface area contributed by atoms with Crippen molar-refractivity contribution in [1.82, 2.24) is 15.2 Å². The number of rotatable bonds is 3. The summed E-state index contributed by atoms with van der Waals surface area (Å²) in [5, 5.41) is 7.47. The van der Waals surface area contributed by atoms with Gasteiger partial charge in [0.2, 0.25) is 0 Å². The second kappa shape index (κ2) is 7.67. The van der Waals surface area contributed by atoms with Crippen LogP contribution in [0, 0.1) is 5.82 Å². The van der Waals surface area contributed by atoms with Crippen molar-refractivity contribution in [3.63, 3.8) is 0 Å². The average Bonchev–Trinajstić information content (AvgIpc) is 3.49. The van der Waals surface area contributed by atoms with Crippen molar-refractivity contribution in [3.05, 3.63) is 71.9 Å². The first-order valence-electron chi connectivity index (χ1n) is 11.5. The third kappa shape index (κ3) is 3.11. The van der Waals surface area contributed by atoms with E-state index in [0.29, 0.717) is 23.0 Å². The zero-order chi connectivity index (χ0) is 23.6. The first-order chi connectivity index (χ1) is 16.4. The Morgan fingerprint density at radius 2 is 1.71 bits per heavy atom. The number of amides is 2. The third-order valence-electron chi connectivity index (χ3n) is 6.98. The van der Waals surface area contributed by atoms with E-state index in [-0.39, 0.29) is 28.3 Å². The average molecular weight is 458 g/mol. The number of nitrogens with one attached hydrogen (secondary N) is 2. The number of hydrogen-bond acceptors (Lipinski definition) is 4. The van der Waals surface area contributed by atoms with E-state index in [1.807, 2.05) is 30.5 Å². The Balaban J connectivity index is 1.62. The molecule has 2 aromatic heterocycles. The van der Waals surface area contributed by atoms with Gasteiger partial charge in [-0.25, -0.2) is 4.39 Å². The van der Waals surface area contributed by atoms with E-state index in [4.69, 9.17) is 4.42 Å². The largest absolute Gasteiger partial charge is 0.464 e. The molecule has 6 rings (SSSR count). The van der Waals surface area contributed by atoms with Crippen LogP contribution in [0.25, 0.3) is 33.0 Å². The molecule has 34 heavy (non-hydrogen) atoms. The van der Waals surface area contributed by atoms with Gasteiger partial charge in [0, 0.05) is 46.2 Å². The minimum Gasteiger partial charge on any atom is -0.464 e. The quantitative estimate of drug-likeness (QED) is 0.434. The molecule has 2 aromatic carbocycles. The fourth-order valence-electron chi connectivity index (χ4n) is 5.66. The van der Waals surface area contributed by atoms with Gasteiger partial charge >= 0.3 is 0 Å². The van der Waals surface area contributed by atoms with Crippen molar-refractivity contribution in [2.75, 3.05) is 0 Å². The summed E-state index contributed by atoms with van der Waals surface area (Å²) < 4.78 is 22.9. The third-order valence-corrected chi connectivity index (χ3v) is 6.98. The number of carbonyl (C=O) groups excluding carboxylic acids is 2. The van der Waals surface area contributed by atoms with Crippen LogP contribution in [0.5, 0.6) is 0 Å². The number of aromatic nitrogens is 1. The van der Waals surface area contributed by atoms with E-state index in [0.717, 1.165) is 23.7 Å². The Bertz CT molecular complexity index is 1500. The van der Waals surface area contributed by atoms with Gasteiger partial charge < -0.3 is 14.3 Å². The highest BCUT2D eigenvalue weighted by atomic mass is 19.1. The Morgan fingerprint density at radius 3 is 2.50 bits per heavy atom. The summed E-state index contributed by atoms with van der Waals surface area (Å²) in [6.45, 7) is 4.34. The van der Waals surface area contributed by atoms with Crippen molar-refractivity contribution in [3.8, 4) is 0 Å². The maximum atomic E-state index is 15.1. The minimum absolute atomic E-state index is 0.0120. The molecule has 2 amide bonds. The van der Waals surface area contributed by atoms with Gasteiger partial charge in [0.1, 0.15) is 11.4 Å². The first kappa shape index (κ1) is 20.9. The summed E-state index contributed by atoms with van der Waals surface area (Å²) in [6.07, 6.45) is 5.29. The van der Waals surface area contributed by atoms with Crippen LogP contribution in [0.15, 0.2) is 59.3 Å². The zero-order valence-electron chi connectivity index (χ0n) is 18.9. The van der Waals surface area contributed by atoms with Crippen molar-refractivity contribution < 1.29 is 18.4 Å². The zero-order valence-corrected chi connectivity index (χ0v) is 18.9. The van der Waals surface area contributed by atoms with Gasteiger partial charge in [-0.1, -0.05) is 18.2 Å². The van der Waals surface area contributed by atoms with E-state index < -0.39 is 17.6 Å². The molecule has 2 N–H and O–H groups in total. The molecular formula is C27H24FN3O3. The number of halogens is 1. The molecule has 1 fully saturated rings. The molecule has 0 spiro atoms. The number of carbonyl (C=O) groups is 2. The SMILES string of the molecule is CC1CC(n2cc(C3=C(c4c(F)ccc5ccoc45)C(=O)NC3=O)c3ccccc32)CC(C)N1.